The third kappa shape index (κ3) is 11.3. The fourth-order valence-electron chi connectivity index (χ4n) is 9.92. The number of aromatic nitrogens is 8. The molecule has 414 valence electrons. The third-order valence-electron chi connectivity index (χ3n) is 14.8. The van der Waals surface area contributed by atoms with Crippen LogP contribution in [0, 0.1) is 12.1 Å². The van der Waals surface area contributed by atoms with Gasteiger partial charge in [-0.3, -0.25) is 19.9 Å². The average Bonchev–Trinajstić information content (AvgIpc) is 3.88. The van der Waals surface area contributed by atoms with Gasteiger partial charge in [-0.2, -0.15) is 0 Å². The summed E-state index contributed by atoms with van der Waals surface area (Å²) in [5.41, 5.74) is 15.3. The van der Waals surface area contributed by atoms with E-state index in [1.807, 2.05) is 44.7 Å². The van der Waals surface area contributed by atoms with E-state index in [0.717, 1.165) is 66.7 Å². The molecule has 0 amide bonds. The summed E-state index contributed by atoms with van der Waals surface area (Å²) in [6.07, 6.45) is 5.26. The Kier molecular flexibility index (Phi) is 15.9. The minimum absolute atomic E-state index is 0. The number of nitrogens with zero attached hydrogens (tertiary/aromatic N) is 8. The van der Waals surface area contributed by atoms with Gasteiger partial charge in [0, 0.05) is 103 Å². The second kappa shape index (κ2) is 20.7. The first-order chi connectivity index (χ1) is 35.1. The van der Waals surface area contributed by atoms with Crippen LogP contribution >= 0.6 is 0 Å². The number of pyridine rings is 2. The smallest absolute Gasteiger partial charge is 0.143 e. The molecule has 5 aromatic heterocycles. The normalized spacial score (nSPS) is 12.8. The van der Waals surface area contributed by atoms with Crippen LogP contribution in [0.25, 0.3) is 89.9 Å². The minimum atomic E-state index is -0.299. The maximum atomic E-state index is 12.0. The van der Waals surface area contributed by atoms with Crippen molar-refractivity contribution in [3.05, 3.63) is 131 Å². The summed E-state index contributed by atoms with van der Waals surface area (Å²) in [5.74, 6) is 1.80. The maximum Gasteiger partial charge on any atom is 0.143 e. The number of aryl methyl sites for hydroxylation is 2. The van der Waals surface area contributed by atoms with Crippen molar-refractivity contribution in [1.82, 2.24) is 39.0 Å². The van der Waals surface area contributed by atoms with E-state index in [4.69, 9.17) is 29.9 Å². The largest absolute Gasteiger partial charge is 0.507 e. The maximum absolute atomic E-state index is 12.0. The quantitative estimate of drug-likeness (QED) is 0.158. The van der Waals surface area contributed by atoms with Crippen LogP contribution in [0.4, 0.5) is 0 Å². The molecular formula is C66H76N8O2Pt2-2. The molecule has 0 bridgehead atoms. The average molecular weight is 1400 g/mol. The van der Waals surface area contributed by atoms with Crippen molar-refractivity contribution in [2.24, 2.45) is 14.1 Å². The molecule has 0 unspecified atom stereocenters. The molecule has 78 heavy (non-hydrogen) atoms. The van der Waals surface area contributed by atoms with Crippen LogP contribution in [0.2, 0.25) is 0 Å². The molecule has 9 aromatic rings. The Labute approximate surface area is 491 Å². The number of hydrogen-bond acceptors (Lipinski definition) is 8. The van der Waals surface area contributed by atoms with Gasteiger partial charge >= 0.3 is 0 Å². The molecule has 0 aliphatic heterocycles. The van der Waals surface area contributed by atoms with Gasteiger partial charge in [-0.25, -0.2) is 9.97 Å². The monoisotopic (exact) mass is 1400 g/mol. The van der Waals surface area contributed by atoms with E-state index < -0.39 is 0 Å². The van der Waals surface area contributed by atoms with Crippen molar-refractivity contribution >= 4 is 22.1 Å². The molecule has 0 radical (unpaired) electrons. The van der Waals surface area contributed by atoms with Crippen molar-refractivity contribution in [3.63, 3.8) is 0 Å². The van der Waals surface area contributed by atoms with Crippen molar-refractivity contribution < 1.29 is 52.3 Å². The van der Waals surface area contributed by atoms with E-state index in [9.17, 15) is 10.2 Å². The third-order valence-corrected chi connectivity index (χ3v) is 14.8. The molecule has 0 saturated carbocycles. The van der Waals surface area contributed by atoms with Crippen LogP contribution in [0.15, 0.2) is 85.5 Å². The topological polar surface area (TPSA) is 128 Å². The number of fused-ring (bicyclic) bond motifs is 2. The number of imidazole rings is 2. The van der Waals surface area contributed by atoms with E-state index in [1.165, 1.54) is 0 Å². The van der Waals surface area contributed by atoms with Gasteiger partial charge < -0.3 is 19.3 Å². The van der Waals surface area contributed by atoms with Crippen LogP contribution in [0.5, 0.6) is 11.5 Å². The zero-order valence-corrected chi connectivity index (χ0v) is 53.7. The molecule has 0 spiro atoms. The van der Waals surface area contributed by atoms with Gasteiger partial charge in [0.15, 0.2) is 0 Å². The fraction of sp³-hybridized carbons (Fsp3) is 0.394. The summed E-state index contributed by atoms with van der Waals surface area (Å²) in [7, 11) is 4.00. The summed E-state index contributed by atoms with van der Waals surface area (Å²) in [6.45, 7) is 39.2. The molecule has 9 rings (SSSR count). The van der Waals surface area contributed by atoms with Crippen molar-refractivity contribution in [3.8, 4) is 79.3 Å². The van der Waals surface area contributed by atoms with E-state index in [1.54, 1.807) is 6.33 Å². The molecule has 0 aliphatic carbocycles. The standard InChI is InChI=1S/C66H76N8O2.2Pt/c1-61(2,3)41-27-37(25-39(29-41)53-55-51(21-23-67-53)73(19)59(71-55)45-31-43(63(7,8)9)33-47(57(45)75)65(13,14)15)49-35-50(70-36-69-49)38-26-40(30-42(28-38)62(4,5)6)54-56-52(22-24-68-54)74(20)60(72-56)46-32-44(64(10,11)12)34-48(58(46)76)66(16,17)18;;/h21-24,27-36,75-76H,1-20H3;;/q-2;;. The number of rotatable bonds is 6. The Morgan fingerprint density at radius 1 is 0.397 bits per heavy atom. The fourth-order valence-corrected chi connectivity index (χ4v) is 9.92. The van der Waals surface area contributed by atoms with Gasteiger partial charge in [-0.15, -0.1) is 47.5 Å². The van der Waals surface area contributed by atoms with Gasteiger partial charge in [0.2, 0.25) is 0 Å². The summed E-state index contributed by atoms with van der Waals surface area (Å²) < 4.78 is 4.11. The second-order valence-electron chi connectivity index (χ2n) is 27.1. The number of phenolic OH excluding ortho intramolecular Hbond substituents is 2. The number of aromatic hydroxyl groups is 2. The molecule has 4 aromatic carbocycles. The van der Waals surface area contributed by atoms with Gasteiger partial charge in [-0.05, 0) is 67.9 Å². The molecule has 0 fully saturated rings. The van der Waals surface area contributed by atoms with Crippen LogP contribution < -0.4 is 0 Å². The Morgan fingerprint density at radius 2 is 0.718 bits per heavy atom. The first-order valence-corrected chi connectivity index (χ1v) is 26.5. The van der Waals surface area contributed by atoms with E-state index in [-0.39, 0.29) is 86.1 Å². The summed E-state index contributed by atoms with van der Waals surface area (Å²) in [5, 5.41) is 24.0. The van der Waals surface area contributed by atoms with Crippen LogP contribution in [0.1, 0.15) is 158 Å². The van der Waals surface area contributed by atoms with Gasteiger partial charge in [0.05, 0.1) is 39.5 Å². The summed E-state index contributed by atoms with van der Waals surface area (Å²) in [4.78, 5) is 30.4. The molecule has 12 heteroatoms. The first kappa shape index (κ1) is 59.8. The molecule has 2 N–H and O–H groups in total. The van der Waals surface area contributed by atoms with Crippen molar-refractivity contribution in [2.45, 2.75) is 157 Å². The number of hydrogen-bond donors (Lipinski definition) is 2. The Hall–Kier alpha value is -5.82. The predicted octanol–water partition coefficient (Wildman–Crippen LogP) is 15.8. The molecular weight excluding hydrogens is 1330 g/mol. The van der Waals surface area contributed by atoms with Gasteiger partial charge in [0.25, 0.3) is 0 Å². The molecule has 0 atom stereocenters. The second-order valence-corrected chi connectivity index (χ2v) is 27.1. The molecule has 5 heterocycles. The van der Waals surface area contributed by atoms with Crippen LogP contribution in [-0.4, -0.2) is 49.3 Å². The van der Waals surface area contributed by atoms with Gasteiger partial charge in [0.1, 0.15) is 23.1 Å². The van der Waals surface area contributed by atoms with Gasteiger partial charge in [-0.1, -0.05) is 165 Å². The molecule has 0 saturated heterocycles. The van der Waals surface area contributed by atoms with Crippen molar-refractivity contribution in [1.29, 1.82) is 0 Å². The Balaban J connectivity index is 0.00000441. The zero-order chi connectivity index (χ0) is 55.6. The number of benzene rings is 4. The Bertz CT molecular complexity index is 3530. The summed E-state index contributed by atoms with van der Waals surface area (Å²) in [6, 6.07) is 30.5. The van der Waals surface area contributed by atoms with E-state index in [0.29, 0.717) is 56.6 Å². The van der Waals surface area contributed by atoms with E-state index in [2.05, 4.69) is 194 Å². The zero-order valence-electron chi connectivity index (χ0n) is 49.2. The first-order valence-electron chi connectivity index (χ1n) is 26.5. The predicted molar refractivity (Wildman–Crippen MR) is 312 cm³/mol. The molecule has 10 nitrogen and oxygen atoms in total. The SMILES string of the molecule is Cn1c(-c2cc(C(C)(C)C)cc(C(C)(C)C)c2O)nc2c(-c3[c-]c(-c4cc(-c5[c-]c(-c6nccc7c6nc(-c6cc(C(C)(C)C)cc(C(C)(C)C)c6O)n7C)cc(C(C)(C)C)c5)ncn4)cc(C(C)(C)C)c3)nccc21.[Pt].[Pt]. The number of phenols is 2. The van der Waals surface area contributed by atoms with Crippen LogP contribution in [-0.2, 0) is 88.7 Å². The minimum Gasteiger partial charge on any atom is -0.507 e. The molecule has 0 aliphatic rings. The summed E-state index contributed by atoms with van der Waals surface area (Å²) >= 11 is 0. The van der Waals surface area contributed by atoms with E-state index >= 15 is 0 Å². The van der Waals surface area contributed by atoms with Crippen molar-refractivity contribution in [2.75, 3.05) is 0 Å². The van der Waals surface area contributed by atoms with Crippen LogP contribution in [0.3, 0.4) is 0 Å². The Morgan fingerprint density at radius 3 is 1.04 bits per heavy atom.